The Labute approximate surface area is 93.2 Å². The Balaban J connectivity index is 1.98. The summed E-state index contributed by atoms with van der Waals surface area (Å²) in [6.45, 7) is 0.446. The molecule has 16 heavy (non-hydrogen) atoms. The van der Waals surface area contributed by atoms with E-state index in [0.717, 1.165) is 5.56 Å². The van der Waals surface area contributed by atoms with Crippen LogP contribution < -0.4 is 4.74 Å². The zero-order valence-electron chi connectivity index (χ0n) is 8.50. The van der Waals surface area contributed by atoms with Gasteiger partial charge in [0.25, 0.3) is 0 Å². The van der Waals surface area contributed by atoms with E-state index >= 15 is 0 Å². The van der Waals surface area contributed by atoms with Crippen LogP contribution in [0.2, 0.25) is 0 Å². The molecule has 2 aromatic rings. The quantitative estimate of drug-likeness (QED) is 0.778. The average Bonchev–Trinajstić information content (AvgIpc) is 2.38. The summed E-state index contributed by atoms with van der Waals surface area (Å²) in [4.78, 5) is 7.82. The summed E-state index contributed by atoms with van der Waals surface area (Å²) < 4.78 is 5.41. The van der Waals surface area contributed by atoms with Crippen LogP contribution in [0.15, 0.2) is 42.7 Å². The topological polar surface area (TPSA) is 58.8 Å². The maximum Gasteiger partial charge on any atom is 0.232 e. The first-order valence-corrected chi connectivity index (χ1v) is 4.77. The predicted molar refractivity (Wildman–Crippen MR) is 57.5 cm³/mol. The molecule has 4 nitrogen and oxygen atoms in total. The summed E-state index contributed by atoms with van der Waals surface area (Å²) in [7, 11) is 0. The molecule has 0 aliphatic carbocycles. The zero-order chi connectivity index (χ0) is 11.2. The summed E-state index contributed by atoms with van der Waals surface area (Å²) in [5, 5.41) is 8.54. The second-order valence-corrected chi connectivity index (χ2v) is 3.13. The molecule has 2 rings (SSSR count). The molecule has 0 N–H and O–H groups in total. The van der Waals surface area contributed by atoms with Crippen LogP contribution in [0.5, 0.6) is 5.88 Å². The molecule has 0 aliphatic rings. The van der Waals surface area contributed by atoms with Crippen LogP contribution >= 0.6 is 0 Å². The molecule has 0 atom stereocenters. The van der Waals surface area contributed by atoms with Crippen LogP contribution in [-0.4, -0.2) is 9.97 Å². The largest absolute Gasteiger partial charge is 0.472 e. The molecule has 0 saturated carbocycles. The molecule has 0 saturated heterocycles. The summed E-state index contributed by atoms with van der Waals surface area (Å²) in [5.41, 5.74) is 1.35. The Morgan fingerprint density at radius 2 is 1.94 bits per heavy atom. The molecule has 0 spiro atoms. The Bertz CT molecular complexity index is 488. The fourth-order valence-electron chi connectivity index (χ4n) is 1.18. The van der Waals surface area contributed by atoms with Gasteiger partial charge >= 0.3 is 0 Å². The Morgan fingerprint density at radius 1 is 1.12 bits per heavy atom. The van der Waals surface area contributed by atoms with Gasteiger partial charge < -0.3 is 4.74 Å². The monoisotopic (exact) mass is 211 g/mol. The van der Waals surface area contributed by atoms with Gasteiger partial charge in [0.05, 0.1) is 12.4 Å². The number of aromatic nitrogens is 2. The molecular formula is C12H9N3O. The molecule has 1 aromatic carbocycles. The van der Waals surface area contributed by atoms with Crippen molar-refractivity contribution in [2.24, 2.45) is 0 Å². The van der Waals surface area contributed by atoms with E-state index in [0.29, 0.717) is 12.5 Å². The first-order chi connectivity index (χ1) is 7.88. The molecule has 78 valence electrons. The van der Waals surface area contributed by atoms with E-state index in [1.54, 1.807) is 0 Å². The van der Waals surface area contributed by atoms with Crippen molar-refractivity contribution in [3.8, 4) is 11.9 Å². The third-order valence-electron chi connectivity index (χ3n) is 1.97. The summed E-state index contributed by atoms with van der Waals surface area (Å²) in [5.74, 6) is 0.419. The molecule has 0 fully saturated rings. The summed E-state index contributed by atoms with van der Waals surface area (Å²) >= 11 is 0. The molecule has 1 heterocycles. The number of ether oxygens (including phenoxy) is 1. The van der Waals surface area contributed by atoms with Crippen LogP contribution in [-0.2, 0) is 6.61 Å². The van der Waals surface area contributed by atoms with Crippen LogP contribution in [0, 0.1) is 11.3 Å². The number of rotatable bonds is 3. The van der Waals surface area contributed by atoms with Crippen molar-refractivity contribution in [2.75, 3.05) is 0 Å². The van der Waals surface area contributed by atoms with E-state index in [-0.39, 0.29) is 5.69 Å². The Kier molecular flexibility index (Phi) is 3.10. The van der Waals surface area contributed by atoms with Gasteiger partial charge in [0, 0.05) is 0 Å². The standard InChI is InChI=1S/C12H9N3O/c13-6-11-7-15-12(8-14-11)16-9-10-4-2-1-3-5-10/h1-5,7-8H,9H2. The van der Waals surface area contributed by atoms with Crippen molar-refractivity contribution in [2.45, 2.75) is 6.61 Å². The highest BCUT2D eigenvalue weighted by Gasteiger charge is 1.98. The second-order valence-electron chi connectivity index (χ2n) is 3.13. The van der Waals surface area contributed by atoms with Gasteiger partial charge in [0.1, 0.15) is 12.7 Å². The lowest BCUT2D eigenvalue weighted by molar-refractivity contribution is 0.292. The number of hydrogen-bond acceptors (Lipinski definition) is 4. The normalized spacial score (nSPS) is 9.44. The zero-order valence-corrected chi connectivity index (χ0v) is 8.50. The van der Waals surface area contributed by atoms with Crippen molar-refractivity contribution in [1.82, 2.24) is 9.97 Å². The van der Waals surface area contributed by atoms with Gasteiger partial charge in [0.2, 0.25) is 5.88 Å². The van der Waals surface area contributed by atoms with Crippen molar-refractivity contribution in [3.05, 3.63) is 54.0 Å². The summed E-state index contributed by atoms with van der Waals surface area (Å²) in [6.07, 6.45) is 2.84. The maximum atomic E-state index is 8.54. The minimum atomic E-state index is 0.284. The van der Waals surface area contributed by atoms with Gasteiger partial charge in [-0.3, -0.25) is 0 Å². The van der Waals surface area contributed by atoms with Gasteiger partial charge in [-0.15, -0.1) is 0 Å². The number of nitriles is 1. The highest BCUT2D eigenvalue weighted by Crippen LogP contribution is 2.07. The number of nitrogens with zero attached hydrogens (tertiary/aromatic N) is 3. The van der Waals surface area contributed by atoms with E-state index in [4.69, 9.17) is 10.00 Å². The highest BCUT2D eigenvalue weighted by molar-refractivity contribution is 5.19. The average molecular weight is 211 g/mol. The fraction of sp³-hybridized carbons (Fsp3) is 0.0833. The lowest BCUT2D eigenvalue weighted by Gasteiger charge is -2.03. The first kappa shape index (κ1) is 10.1. The van der Waals surface area contributed by atoms with Gasteiger partial charge in [-0.2, -0.15) is 5.26 Å². The summed E-state index contributed by atoms with van der Waals surface area (Å²) in [6, 6.07) is 11.7. The van der Waals surface area contributed by atoms with Crippen molar-refractivity contribution in [1.29, 1.82) is 5.26 Å². The maximum absolute atomic E-state index is 8.54. The van der Waals surface area contributed by atoms with Gasteiger partial charge in [0.15, 0.2) is 5.69 Å². The molecule has 0 radical (unpaired) electrons. The SMILES string of the molecule is N#Cc1cnc(OCc2ccccc2)cn1. The lowest BCUT2D eigenvalue weighted by atomic mass is 10.2. The fourth-order valence-corrected chi connectivity index (χ4v) is 1.18. The molecule has 1 aromatic heterocycles. The van der Waals surface area contributed by atoms with E-state index in [2.05, 4.69) is 9.97 Å². The van der Waals surface area contributed by atoms with Crippen molar-refractivity contribution >= 4 is 0 Å². The molecule has 0 bridgehead atoms. The third-order valence-corrected chi connectivity index (χ3v) is 1.97. The predicted octanol–water partition coefficient (Wildman–Crippen LogP) is 1.93. The number of benzene rings is 1. The van der Waals surface area contributed by atoms with Crippen molar-refractivity contribution in [3.63, 3.8) is 0 Å². The van der Waals surface area contributed by atoms with Gasteiger partial charge in [-0.25, -0.2) is 9.97 Å². The van der Waals surface area contributed by atoms with E-state index in [1.165, 1.54) is 12.4 Å². The van der Waals surface area contributed by atoms with Gasteiger partial charge in [-0.1, -0.05) is 30.3 Å². The Morgan fingerprint density at radius 3 is 2.56 bits per heavy atom. The smallest absolute Gasteiger partial charge is 0.232 e. The molecular weight excluding hydrogens is 202 g/mol. The van der Waals surface area contributed by atoms with Crippen LogP contribution in [0.1, 0.15) is 11.3 Å². The second kappa shape index (κ2) is 4.89. The molecule has 4 heteroatoms. The lowest BCUT2D eigenvalue weighted by Crippen LogP contribution is -1.98. The van der Waals surface area contributed by atoms with Crippen LogP contribution in [0.3, 0.4) is 0 Å². The van der Waals surface area contributed by atoms with E-state index in [1.807, 2.05) is 36.4 Å². The van der Waals surface area contributed by atoms with Gasteiger partial charge in [-0.05, 0) is 5.56 Å². The highest BCUT2D eigenvalue weighted by atomic mass is 16.5. The van der Waals surface area contributed by atoms with Crippen LogP contribution in [0.25, 0.3) is 0 Å². The van der Waals surface area contributed by atoms with Crippen molar-refractivity contribution < 1.29 is 4.74 Å². The minimum Gasteiger partial charge on any atom is -0.472 e. The third kappa shape index (κ3) is 2.55. The molecule has 0 amide bonds. The molecule has 0 aliphatic heterocycles. The van der Waals surface area contributed by atoms with E-state index in [9.17, 15) is 0 Å². The van der Waals surface area contributed by atoms with E-state index < -0.39 is 0 Å². The first-order valence-electron chi connectivity index (χ1n) is 4.77. The molecule has 0 unspecified atom stereocenters. The minimum absolute atomic E-state index is 0.284. The Hall–Kier alpha value is -2.41. The van der Waals surface area contributed by atoms with Crippen LogP contribution in [0.4, 0.5) is 0 Å². The number of hydrogen-bond donors (Lipinski definition) is 0.